The first-order valence-corrected chi connectivity index (χ1v) is 8.29. The molecule has 0 radical (unpaired) electrons. The van der Waals surface area contributed by atoms with Crippen molar-refractivity contribution in [1.82, 2.24) is 16.0 Å². The van der Waals surface area contributed by atoms with E-state index in [1.807, 2.05) is 24.3 Å². The zero-order chi connectivity index (χ0) is 16.9. The maximum Gasteiger partial charge on any atom is 0.249 e. The molecule has 1 aromatic rings. The summed E-state index contributed by atoms with van der Waals surface area (Å²) >= 11 is 0. The smallest absolute Gasteiger partial charge is 0.249 e. The summed E-state index contributed by atoms with van der Waals surface area (Å²) in [5, 5.41) is 8.27. The van der Waals surface area contributed by atoms with Crippen LogP contribution < -0.4 is 20.9 Å². The number of hydrogen-bond donors (Lipinski definition) is 3. The second-order valence-corrected chi connectivity index (χ2v) is 6.15. The molecule has 3 amide bonds. The number of amides is 3. The van der Waals surface area contributed by atoms with Crippen LogP contribution in [0.3, 0.4) is 0 Å². The molecule has 0 bridgehead atoms. The Morgan fingerprint density at radius 3 is 2.79 bits per heavy atom. The molecule has 1 atom stereocenters. The fourth-order valence-corrected chi connectivity index (χ4v) is 3.05. The van der Waals surface area contributed by atoms with Gasteiger partial charge in [-0.2, -0.15) is 0 Å². The monoisotopic (exact) mass is 330 g/mol. The van der Waals surface area contributed by atoms with Crippen molar-refractivity contribution in [2.45, 2.75) is 25.3 Å². The molecule has 2 aliphatic rings. The summed E-state index contributed by atoms with van der Waals surface area (Å²) in [6.45, 7) is 3.82. The van der Waals surface area contributed by atoms with E-state index in [1.165, 1.54) is 0 Å². The van der Waals surface area contributed by atoms with Crippen LogP contribution in [0.1, 0.15) is 18.4 Å². The Labute approximate surface area is 140 Å². The molecule has 2 saturated heterocycles. The summed E-state index contributed by atoms with van der Waals surface area (Å²) in [4.78, 5) is 37.3. The van der Waals surface area contributed by atoms with Crippen molar-refractivity contribution in [2.24, 2.45) is 0 Å². The number of nitrogens with zero attached hydrogens (tertiary/aromatic N) is 1. The van der Waals surface area contributed by atoms with Gasteiger partial charge in [0, 0.05) is 38.3 Å². The molecule has 7 heteroatoms. The number of benzene rings is 1. The van der Waals surface area contributed by atoms with Crippen molar-refractivity contribution >= 4 is 23.4 Å². The van der Waals surface area contributed by atoms with Gasteiger partial charge in [-0.3, -0.25) is 19.7 Å². The van der Waals surface area contributed by atoms with Crippen molar-refractivity contribution in [2.75, 3.05) is 31.1 Å². The Bertz CT molecular complexity index is 640. The number of piperazine rings is 1. The third-order valence-electron chi connectivity index (χ3n) is 4.33. The van der Waals surface area contributed by atoms with Crippen molar-refractivity contribution in [1.29, 1.82) is 0 Å². The number of rotatable bonds is 4. The van der Waals surface area contributed by atoms with Crippen LogP contribution in [0.4, 0.5) is 5.69 Å². The Morgan fingerprint density at radius 1 is 1.25 bits per heavy atom. The first-order chi connectivity index (χ1) is 11.6. The SMILES string of the molecule is O=C1CCC(NC(=O)Cc2cccc(N3CCNCC3)c2)C(=O)N1. The van der Waals surface area contributed by atoms with Gasteiger partial charge in [-0.05, 0) is 24.1 Å². The molecular formula is C17H22N4O3. The van der Waals surface area contributed by atoms with E-state index in [9.17, 15) is 14.4 Å². The van der Waals surface area contributed by atoms with E-state index >= 15 is 0 Å². The molecular weight excluding hydrogens is 308 g/mol. The molecule has 0 saturated carbocycles. The Morgan fingerprint density at radius 2 is 2.04 bits per heavy atom. The van der Waals surface area contributed by atoms with Gasteiger partial charge < -0.3 is 15.5 Å². The number of nitrogens with one attached hydrogen (secondary N) is 3. The van der Waals surface area contributed by atoms with Crippen LogP contribution in [-0.4, -0.2) is 49.9 Å². The second-order valence-electron chi connectivity index (χ2n) is 6.15. The normalized spacial score (nSPS) is 21.3. The molecule has 0 spiro atoms. The summed E-state index contributed by atoms with van der Waals surface area (Å²) in [6.07, 6.45) is 0.837. The van der Waals surface area contributed by atoms with Gasteiger partial charge in [-0.15, -0.1) is 0 Å². The highest BCUT2D eigenvalue weighted by Crippen LogP contribution is 2.17. The predicted molar refractivity (Wildman–Crippen MR) is 89.5 cm³/mol. The van der Waals surface area contributed by atoms with Gasteiger partial charge in [0.25, 0.3) is 0 Å². The molecule has 24 heavy (non-hydrogen) atoms. The molecule has 0 aliphatic carbocycles. The Kier molecular flexibility index (Phi) is 5.10. The number of hydrogen-bond acceptors (Lipinski definition) is 5. The number of anilines is 1. The quantitative estimate of drug-likeness (QED) is 0.651. The predicted octanol–water partition coefficient (Wildman–Crippen LogP) is -0.440. The number of carbonyl (C=O) groups excluding carboxylic acids is 3. The fourth-order valence-electron chi connectivity index (χ4n) is 3.05. The first-order valence-electron chi connectivity index (χ1n) is 8.29. The molecule has 128 valence electrons. The van der Waals surface area contributed by atoms with Gasteiger partial charge in [-0.25, -0.2) is 0 Å². The van der Waals surface area contributed by atoms with Crippen LogP contribution in [0.25, 0.3) is 0 Å². The van der Waals surface area contributed by atoms with E-state index in [2.05, 4.69) is 20.9 Å². The van der Waals surface area contributed by atoms with Gasteiger partial charge in [0.1, 0.15) is 6.04 Å². The minimum Gasteiger partial charge on any atom is -0.369 e. The average Bonchev–Trinajstić information content (AvgIpc) is 2.58. The average molecular weight is 330 g/mol. The number of carbonyl (C=O) groups is 3. The zero-order valence-electron chi connectivity index (χ0n) is 13.5. The van der Waals surface area contributed by atoms with E-state index in [0.717, 1.165) is 37.4 Å². The van der Waals surface area contributed by atoms with E-state index in [-0.39, 0.29) is 24.7 Å². The maximum atomic E-state index is 12.2. The highest BCUT2D eigenvalue weighted by Gasteiger charge is 2.27. The van der Waals surface area contributed by atoms with Gasteiger partial charge in [0.15, 0.2) is 0 Å². The lowest BCUT2D eigenvalue weighted by atomic mass is 10.1. The molecule has 1 unspecified atom stereocenters. The van der Waals surface area contributed by atoms with Crippen LogP contribution in [0, 0.1) is 0 Å². The fraction of sp³-hybridized carbons (Fsp3) is 0.471. The molecule has 0 aromatic heterocycles. The van der Waals surface area contributed by atoms with Crippen LogP contribution in [-0.2, 0) is 20.8 Å². The first kappa shape index (κ1) is 16.4. The molecule has 2 aliphatic heterocycles. The summed E-state index contributed by atoms with van der Waals surface area (Å²) in [5.41, 5.74) is 2.03. The van der Waals surface area contributed by atoms with E-state index in [1.54, 1.807) is 0 Å². The molecule has 2 heterocycles. The maximum absolute atomic E-state index is 12.2. The summed E-state index contributed by atoms with van der Waals surface area (Å²) in [5.74, 6) is -0.912. The third-order valence-corrected chi connectivity index (χ3v) is 4.33. The molecule has 3 N–H and O–H groups in total. The van der Waals surface area contributed by atoms with Crippen molar-refractivity contribution in [3.8, 4) is 0 Å². The lowest BCUT2D eigenvalue weighted by Crippen LogP contribution is -2.52. The van der Waals surface area contributed by atoms with Crippen molar-refractivity contribution < 1.29 is 14.4 Å². The van der Waals surface area contributed by atoms with Crippen LogP contribution in [0.2, 0.25) is 0 Å². The molecule has 2 fully saturated rings. The lowest BCUT2D eigenvalue weighted by molar-refractivity contribution is -0.137. The standard InChI is InChI=1S/C17H22N4O3/c22-15-5-4-14(17(24)20-15)19-16(23)11-12-2-1-3-13(10-12)21-8-6-18-7-9-21/h1-3,10,14,18H,4-9,11H2,(H,19,23)(H,20,22,24). The largest absolute Gasteiger partial charge is 0.369 e. The Hall–Kier alpha value is -2.41. The topological polar surface area (TPSA) is 90.5 Å². The van der Waals surface area contributed by atoms with Crippen LogP contribution >= 0.6 is 0 Å². The van der Waals surface area contributed by atoms with Gasteiger partial charge in [-0.1, -0.05) is 12.1 Å². The third kappa shape index (κ3) is 4.11. The van der Waals surface area contributed by atoms with E-state index in [4.69, 9.17) is 0 Å². The van der Waals surface area contributed by atoms with Crippen LogP contribution in [0.5, 0.6) is 0 Å². The lowest BCUT2D eigenvalue weighted by Gasteiger charge is -2.29. The second kappa shape index (κ2) is 7.44. The summed E-state index contributed by atoms with van der Waals surface area (Å²) in [6, 6.07) is 7.32. The molecule has 1 aromatic carbocycles. The van der Waals surface area contributed by atoms with Gasteiger partial charge >= 0.3 is 0 Å². The minimum absolute atomic E-state index is 0.207. The van der Waals surface area contributed by atoms with Crippen molar-refractivity contribution in [3.05, 3.63) is 29.8 Å². The highest BCUT2D eigenvalue weighted by atomic mass is 16.2. The van der Waals surface area contributed by atoms with Crippen LogP contribution in [0.15, 0.2) is 24.3 Å². The molecule has 7 nitrogen and oxygen atoms in total. The summed E-state index contributed by atoms with van der Waals surface area (Å²) < 4.78 is 0. The number of imide groups is 1. The molecule has 3 rings (SSSR count). The minimum atomic E-state index is -0.619. The highest BCUT2D eigenvalue weighted by molar-refractivity contribution is 6.01. The Balaban J connectivity index is 1.58. The van der Waals surface area contributed by atoms with E-state index in [0.29, 0.717) is 6.42 Å². The van der Waals surface area contributed by atoms with Gasteiger partial charge in [0.05, 0.1) is 6.42 Å². The van der Waals surface area contributed by atoms with E-state index < -0.39 is 11.9 Å². The zero-order valence-corrected chi connectivity index (χ0v) is 13.5. The van der Waals surface area contributed by atoms with Crippen molar-refractivity contribution in [3.63, 3.8) is 0 Å². The number of piperidine rings is 1. The summed E-state index contributed by atoms with van der Waals surface area (Å²) in [7, 11) is 0. The van der Waals surface area contributed by atoms with Gasteiger partial charge in [0.2, 0.25) is 17.7 Å².